The highest BCUT2D eigenvalue weighted by molar-refractivity contribution is 5.76. The molecule has 1 heterocycles. The molecule has 0 aromatic carbocycles. The Labute approximate surface area is 99.0 Å². The third kappa shape index (κ3) is 4.10. The number of rotatable bonds is 5. The number of hydrogen-bond donors (Lipinski definition) is 1. The molecule has 1 saturated heterocycles. The van der Waals surface area contributed by atoms with E-state index in [-0.39, 0.29) is 0 Å². The molecule has 1 amide bonds. The van der Waals surface area contributed by atoms with E-state index in [4.69, 9.17) is 0 Å². The first-order chi connectivity index (χ1) is 7.65. The standard InChI is InChI=1S/C12H25N3O/c1-4-15(11-5-8-13-9-6-11)12(16)7-10-14(2)3/h11,13H,4-10H2,1-3H3. The average Bonchev–Trinajstić information content (AvgIpc) is 2.29. The molecule has 0 aromatic heterocycles. The first-order valence-electron chi connectivity index (χ1n) is 6.30. The molecule has 0 aromatic rings. The lowest BCUT2D eigenvalue weighted by atomic mass is 10.0. The van der Waals surface area contributed by atoms with E-state index in [2.05, 4.69) is 22.0 Å². The Hall–Kier alpha value is -0.610. The van der Waals surface area contributed by atoms with Crippen LogP contribution in [-0.2, 0) is 4.79 Å². The van der Waals surface area contributed by atoms with Crippen LogP contribution in [0.4, 0.5) is 0 Å². The Morgan fingerprint density at radius 1 is 1.31 bits per heavy atom. The van der Waals surface area contributed by atoms with E-state index in [9.17, 15) is 4.79 Å². The molecule has 1 rings (SSSR count). The van der Waals surface area contributed by atoms with Crippen LogP contribution in [0, 0.1) is 0 Å². The highest BCUT2D eigenvalue weighted by Crippen LogP contribution is 2.12. The van der Waals surface area contributed by atoms with Crippen molar-refractivity contribution in [1.29, 1.82) is 0 Å². The highest BCUT2D eigenvalue weighted by Gasteiger charge is 2.23. The fourth-order valence-electron chi connectivity index (χ4n) is 2.22. The van der Waals surface area contributed by atoms with Crippen LogP contribution in [-0.4, -0.2) is 62.0 Å². The predicted molar refractivity (Wildman–Crippen MR) is 66.4 cm³/mol. The number of hydrogen-bond acceptors (Lipinski definition) is 3. The van der Waals surface area contributed by atoms with Crippen LogP contribution >= 0.6 is 0 Å². The number of carbonyl (C=O) groups excluding carboxylic acids is 1. The number of nitrogens with one attached hydrogen (secondary N) is 1. The van der Waals surface area contributed by atoms with Crippen molar-refractivity contribution in [3.05, 3.63) is 0 Å². The molecular formula is C12H25N3O. The van der Waals surface area contributed by atoms with Crippen molar-refractivity contribution >= 4 is 5.91 Å². The lowest BCUT2D eigenvalue weighted by Gasteiger charge is -2.34. The van der Waals surface area contributed by atoms with E-state index in [1.807, 2.05) is 14.1 Å². The van der Waals surface area contributed by atoms with Crippen LogP contribution in [0.15, 0.2) is 0 Å². The van der Waals surface area contributed by atoms with Crippen molar-refractivity contribution in [3.8, 4) is 0 Å². The summed E-state index contributed by atoms with van der Waals surface area (Å²) in [6, 6.07) is 0.459. The smallest absolute Gasteiger partial charge is 0.224 e. The quantitative estimate of drug-likeness (QED) is 0.744. The molecule has 1 fully saturated rings. The molecule has 0 saturated carbocycles. The predicted octanol–water partition coefficient (Wildman–Crippen LogP) is 0.539. The van der Waals surface area contributed by atoms with Gasteiger partial charge in [0.2, 0.25) is 5.91 Å². The van der Waals surface area contributed by atoms with Gasteiger partial charge in [-0.05, 0) is 47.0 Å². The number of carbonyl (C=O) groups is 1. The summed E-state index contributed by atoms with van der Waals surface area (Å²) in [5, 5.41) is 3.34. The van der Waals surface area contributed by atoms with Gasteiger partial charge in [0, 0.05) is 25.6 Å². The third-order valence-electron chi connectivity index (χ3n) is 3.18. The number of nitrogens with zero attached hydrogens (tertiary/aromatic N) is 2. The normalized spacial score (nSPS) is 17.8. The Morgan fingerprint density at radius 2 is 1.94 bits per heavy atom. The fraction of sp³-hybridized carbons (Fsp3) is 0.917. The molecule has 0 unspecified atom stereocenters. The molecule has 1 aliphatic heterocycles. The van der Waals surface area contributed by atoms with Crippen molar-refractivity contribution in [2.24, 2.45) is 0 Å². The zero-order chi connectivity index (χ0) is 12.0. The number of amides is 1. The Kier molecular flexibility index (Phi) is 5.77. The maximum atomic E-state index is 12.1. The van der Waals surface area contributed by atoms with E-state index < -0.39 is 0 Å². The molecular weight excluding hydrogens is 202 g/mol. The minimum atomic E-state index is 0.308. The van der Waals surface area contributed by atoms with Gasteiger partial charge >= 0.3 is 0 Å². The Balaban J connectivity index is 2.41. The summed E-state index contributed by atoms with van der Waals surface area (Å²) in [5.41, 5.74) is 0. The molecule has 16 heavy (non-hydrogen) atoms. The highest BCUT2D eigenvalue weighted by atomic mass is 16.2. The van der Waals surface area contributed by atoms with Crippen LogP contribution in [0.2, 0.25) is 0 Å². The maximum absolute atomic E-state index is 12.1. The molecule has 4 nitrogen and oxygen atoms in total. The Bertz CT molecular complexity index is 212. The summed E-state index contributed by atoms with van der Waals surface area (Å²) in [6.07, 6.45) is 2.84. The van der Waals surface area contributed by atoms with E-state index in [0.717, 1.165) is 39.0 Å². The molecule has 0 spiro atoms. The minimum Gasteiger partial charge on any atom is -0.340 e. The monoisotopic (exact) mass is 227 g/mol. The fourth-order valence-corrected chi connectivity index (χ4v) is 2.22. The van der Waals surface area contributed by atoms with Gasteiger partial charge in [-0.25, -0.2) is 0 Å². The van der Waals surface area contributed by atoms with E-state index in [1.54, 1.807) is 0 Å². The first kappa shape index (κ1) is 13.5. The van der Waals surface area contributed by atoms with Crippen molar-refractivity contribution in [2.75, 3.05) is 40.3 Å². The van der Waals surface area contributed by atoms with Crippen molar-refractivity contribution in [1.82, 2.24) is 15.1 Å². The maximum Gasteiger partial charge on any atom is 0.224 e. The SMILES string of the molecule is CCN(C(=O)CCN(C)C)C1CCNCC1. The molecule has 0 radical (unpaired) electrons. The van der Waals surface area contributed by atoms with Gasteiger partial charge in [-0.15, -0.1) is 0 Å². The lowest BCUT2D eigenvalue weighted by molar-refractivity contribution is -0.134. The van der Waals surface area contributed by atoms with Crippen LogP contribution in [0.1, 0.15) is 26.2 Å². The van der Waals surface area contributed by atoms with Crippen molar-refractivity contribution in [2.45, 2.75) is 32.2 Å². The topological polar surface area (TPSA) is 35.6 Å². The van der Waals surface area contributed by atoms with Crippen LogP contribution in [0.3, 0.4) is 0 Å². The van der Waals surface area contributed by atoms with Gasteiger partial charge < -0.3 is 15.1 Å². The molecule has 94 valence electrons. The van der Waals surface area contributed by atoms with Gasteiger partial charge in [0.05, 0.1) is 0 Å². The van der Waals surface area contributed by atoms with Gasteiger partial charge in [0.15, 0.2) is 0 Å². The first-order valence-corrected chi connectivity index (χ1v) is 6.30. The van der Waals surface area contributed by atoms with Gasteiger partial charge in [0.25, 0.3) is 0 Å². The molecule has 0 bridgehead atoms. The van der Waals surface area contributed by atoms with Crippen LogP contribution in [0.5, 0.6) is 0 Å². The van der Waals surface area contributed by atoms with Gasteiger partial charge in [-0.2, -0.15) is 0 Å². The molecule has 0 aliphatic carbocycles. The van der Waals surface area contributed by atoms with Crippen molar-refractivity contribution in [3.63, 3.8) is 0 Å². The third-order valence-corrected chi connectivity index (χ3v) is 3.18. The molecule has 1 N–H and O–H groups in total. The summed E-state index contributed by atoms with van der Waals surface area (Å²) in [4.78, 5) is 16.2. The average molecular weight is 227 g/mol. The van der Waals surface area contributed by atoms with Gasteiger partial charge in [-0.3, -0.25) is 4.79 Å². The number of piperidine rings is 1. The second-order valence-corrected chi connectivity index (χ2v) is 4.71. The molecule has 4 heteroatoms. The van der Waals surface area contributed by atoms with Crippen molar-refractivity contribution < 1.29 is 4.79 Å². The second-order valence-electron chi connectivity index (χ2n) is 4.71. The lowest BCUT2D eigenvalue weighted by Crippen LogP contribution is -2.46. The molecule has 0 atom stereocenters. The summed E-state index contributed by atoms with van der Waals surface area (Å²) in [5.74, 6) is 0.308. The summed E-state index contributed by atoms with van der Waals surface area (Å²) in [7, 11) is 4.02. The zero-order valence-corrected chi connectivity index (χ0v) is 10.8. The van der Waals surface area contributed by atoms with Crippen LogP contribution < -0.4 is 5.32 Å². The van der Waals surface area contributed by atoms with E-state index >= 15 is 0 Å². The van der Waals surface area contributed by atoms with Gasteiger partial charge in [0.1, 0.15) is 0 Å². The summed E-state index contributed by atoms with van der Waals surface area (Å²) in [6.45, 7) is 5.86. The zero-order valence-electron chi connectivity index (χ0n) is 10.8. The summed E-state index contributed by atoms with van der Waals surface area (Å²) >= 11 is 0. The largest absolute Gasteiger partial charge is 0.340 e. The minimum absolute atomic E-state index is 0.308. The van der Waals surface area contributed by atoms with Gasteiger partial charge in [-0.1, -0.05) is 0 Å². The molecule has 1 aliphatic rings. The summed E-state index contributed by atoms with van der Waals surface area (Å²) < 4.78 is 0. The van der Waals surface area contributed by atoms with E-state index in [0.29, 0.717) is 18.4 Å². The second kappa shape index (κ2) is 6.86. The van der Waals surface area contributed by atoms with Crippen LogP contribution in [0.25, 0.3) is 0 Å². The van der Waals surface area contributed by atoms with E-state index in [1.165, 1.54) is 0 Å². The Morgan fingerprint density at radius 3 is 2.44 bits per heavy atom.